The summed E-state index contributed by atoms with van der Waals surface area (Å²) in [7, 11) is 0. The quantitative estimate of drug-likeness (QED) is 0.683. The van der Waals surface area contributed by atoms with Gasteiger partial charge in [-0.05, 0) is 12.1 Å². The summed E-state index contributed by atoms with van der Waals surface area (Å²) in [6.45, 7) is 0.327. The van der Waals surface area contributed by atoms with Gasteiger partial charge in [-0.3, -0.25) is 4.79 Å². The Morgan fingerprint density at radius 3 is 3.13 bits per heavy atom. The number of hydrogen-bond donors (Lipinski definition) is 1. The molecule has 4 nitrogen and oxygen atoms in total. The number of aromatic nitrogens is 2. The van der Waals surface area contributed by atoms with Crippen LogP contribution in [-0.2, 0) is 6.54 Å². The van der Waals surface area contributed by atoms with E-state index in [9.17, 15) is 9.18 Å². The molecule has 1 atom stereocenters. The first kappa shape index (κ1) is 8.55. The van der Waals surface area contributed by atoms with Crippen molar-refractivity contribution in [1.82, 2.24) is 9.55 Å². The van der Waals surface area contributed by atoms with Crippen LogP contribution in [0.1, 0.15) is 11.6 Å². The van der Waals surface area contributed by atoms with Crippen LogP contribution in [0.3, 0.4) is 0 Å². The fraction of sp³-hybridized carbons (Fsp3) is 0.200. The number of rotatable bonds is 0. The second-order valence-corrected chi connectivity index (χ2v) is 3.64. The van der Waals surface area contributed by atoms with Crippen LogP contribution in [0, 0.1) is 5.82 Å². The minimum absolute atomic E-state index is 0.234. The molecule has 0 radical (unpaired) electrons. The molecule has 2 aromatic rings. The zero-order chi connectivity index (χ0) is 10.6. The predicted molar refractivity (Wildman–Crippen MR) is 52.9 cm³/mol. The monoisotopic (exact) mass is 205 g/mol. The van der Waals surface area contributed by atoms with E-state index in [0.29, 0.717) is 23.1 Å². The van der Waals surface area contributed by atoms with E-state index in [2.05, 4.69) is 4.98 Å². The first-order valence-corrected chi connectivity index (χ1v) is 4.62. The summed E-state index contributed by atoms with van der Waals surface area (Å²) >= 11 is 0. The van der Waals surface area contributed by atoms with Crippen LogP contribution >= 0.6 is 0 Å². The molecule has 76 valence electrons. The Hall–Kier alpha value is -1.75. The molecular weight excluding hydrogens is 197 g/mol. The molecule has 15 heavy (non-hydrogen) atoms. The number of nitrogens with two attached hydrogens (primary N) is 1. The van der Waals surface area contributed by atoms with Gasteiger partial charge in [-0.2, -0.15) is 0 Å². The SMILES string of the molecule is N[C@H]1Cn2c(=O)cnc3ccc(F)c1c32. The molecule has 1 aromatic carbocycles. The van der Waals surface area contributed by atoms with Gasteiger partial charge in [0.05, 0.1) is 23.3 Å². The van der Waals surface area contributed by atoms with E-state index in [-0.39, 0.29) is 11.4 Å². The van der Waals surface area contributed by atoms with Crippen LogP contribution in [0.15, 0.2) is 23.1 Å². The lowest BCUT2D eigenvalue weighted by Gasteiger charge is -2.03. The minimum atomic E-state index is -0.453. The number of hydrogen-bond acceptors (Lipinski definition) is 3. The van der Waals surface area contributed by atoms with E-state index in [1.165, 1.54) is 16.8 Å². The van der Waals surface area contributed by atoms with Gasteiger partial charge in [0.15, 0.2) is 0 Å². The van der Waals surface area contributed by atoms with Crippen molar-refractivity contribution in [1.29, 1.82) is 0 Å². The van der Waals surface area contributed by atoms with Gasteiger partial charge in [0.1, 0.15) is 5.82 Å². The first-order valence-electron chi connectivity index (χ1n) is 4.62. The Morgan fingerprint density at radius 1 is 1.53 bits per heavy atom. The summed E-state index contributed by atoms with van der Waals surface area (Å²) in [6.07, 6.45) is 1.24. The van der Waals surface area contributed by atoms with Crippen LogP contribution in [-0.4, -0.2) is 9.55 Å². The van der Waals surface area contributed by atoms with Gasteiger partial charge in [0.25, 0.3) is 5.56 Å². The predicted octanol–water partition coefficient (Wildman–Crippen LogP) is 0.549. The maximum absolute atomic E-state index is 13.5. The topological polar surface area (TPSA) is 60.9 Å². The van der Waals surface area contributed by atoms with Crippen LogP contribution < -0.4 is 11.3 Å². The maximum atomic E-state index is 13.5. The second-order valence-electron chi connectivity index (χ2n) is 3.64. The van der Waals surface area contributed by atoms with Gasteiger partial charge < -0.3 is 10.3 Å². The fourth-order valence-electron chi connectivity index (χ4n) is 2.09. The van der Waals surface area contributed by atoms with E-state index in [1.54, 1.807) is 6.07 Å². The largest absolute Gasteiger partial charge is 0.322 e. The summed E-state index contributed by atoms with van der Waals surface area (Å²) in [6, 6.07) is 2.44. The lowest BCUT2D eigenvalue weighted by atomic mass is 10.1. The van der Waals surface area contributed by atoms with E-state index in [4.69, 9.17) is 5.73 Å². The maximum Gasteiger partial charge on any atom is 0.269 e. The fourth-order valence-corrected chi connectivity index (χ4v) is 2.09. The summed E-state index contributed by atoms with van der Waals surface area (Å²) in [5.41, 5.74) is 7.10. The zero-order valence-corrected chi connectivity index (χ0v) is 7.77. The third-order valence-corrected chi connectivity index (χ3v) is 2.74. The summed E-state index contributed by atoms with van der Waals surface area (Å²) < 4.78 is 15.0. The van der Waals surface area contributed by atoms with Crippen molar-refractivity contribution in [3.8, 4) is 0 Å². The molecule has 0 unspecified atom stereocenters. The molecule has 1 aliphatic rings. The lowest BCUT2D eigenvalue weighted by Crippen LogP contribution is -2.20. The molecule has 0 bridgehead atoms. The Kier molecular flexibility index (Phi) is 1.50. The van der Waals surface area contributed by atoms with Crippen molar-refractivity contribution in [2.75, 3.05) is 0 Å². The minimum Gasteiger partial charge on any atom is -0.322 e. The van der Waals surface area contributed by atoms with Crippen molar-refractivity contribution in [3.63, 3.8) is 0 Å². The number of benzene rings is 1. The number of halogens is 1. The first-order chi connectivity index (χ1) is 7.18. The van der Waals surface area contributed by atoms with Crippen molar-refractivity contribution < 1.29 is 4.39 Å². The Bertz CT molecular complexity index is 620. The molecule has 0 saturated heterocycles. The van der Waals surface area contributed by atoms with Crippen LogP contribution in [0.2, 0.25) is 0 Å². The van der Waals surface area contributed by atoms with Crippen LogP contribution in [0.4, 0.5) is 4.39 Å². The van der Waals surface area contributed by atoms with Gasteiger partial charge in [0, 0.05) is 12.1 Å². The molecular formula is C10H8FN3O. The highest BCUT2D eigenvalue weighted by Gasteiger charge is 2.25. The standard InChI is InChI=1S/C10H8FN3O/c11-5-1-2-7-10-9(5)6(12)4-14(10)8(15)3-13-7/h1-3,6H,4,12H2/t6-/m0/s1. The van der Waals surface area contributed by atoms with Gasteiger partial charge in [-0.1, -0.05) is 0 Å². The summed E-state index contributed by atoms with van der Waals surface area (Å²) in [5.74, 6) is -0.367. The Morgan fingerprint density at radius 2 is 2.33 bits per heavy atom. The van der Waals surface area contributed by atoms with Crippen molar-refractivity contribution >= 4 is 11.0 Å². The molecule has 0 spiro atoms. The van der Waals surface area contributed by atoms with Crippen molar-refractivity contribution in [2.24, 2.45) is 5.73 Å². The molecule has 0 aliphatic carbocycles. The highest BCUT2D eigenvalue weighted by atomic mass is 19.1. The van der Waals surface area contributed by atoms with Crippen LogP contribution in [0.25, 0.3) is 11.0 Å². The molecule has 0 saturated carbocycles. The highest BCUT2D eigenvalue weighted by molar-refractivity contribution is 5.80. The Labute approximate surface area is 84.2 Å². The van der Waals surface area contributed by atoms with E-state index in [1.807, 2.05) is 0 Å². The van der Waals surface area contributed by atoms with Gasteiger partial charge in [0.2, 0.25) is 0 Å². The molecule has 5 heteroatoms. The summed E-state index contributed by atoms with van der Waals surface area (Å²) in [5, 5.41) is 0. The molecule has 3 rings (SSSR count). The Balaban J connectivity index is 2.59. The number of nitrogens with zero attached hydrogens (tertiary/aromatic N) is 2. The van der Waals surface area contributed by atoms with E-state index < -0.39 is 6.04 Å². The third-order valence-electron chi connectivity index (χ3n) is 2.74. The smallest absolute Gasteiger partial charge is 0.269 e. The second kappa shape index (κ2) is 2.64. The van der Waals surface area contributed by atoms with E-state index in [0.717, 1.165) is 0 Å². The molecule has 1 aliphatic heterocycles. The van der Waals surface area contributed by atoms with Crippen LogP contribution in [0.5, 0.6) is 0 Å². The normalized spacial score (nSPS) is 18.7. The zero-order valence-electron chi connectivity index (χ0n) is 7.77. The van der Waals surface area contributed by atoms with Gasteiger partial charge >= 0.3 is 0 Å². The lowest BCUT2D eigenvalue weighted by molar-refractivity contribution is 0.569. The molecule has 2 heterocycles. The van der Waals surface area contributed by atoms with Gasteiger partial charge in [-0.15, -0.1) is 0 Å². The van der Waals surface area contributed by atoms with Crippen molar-refractivity contribution in [3.05, 3.63) is 40.1 Å². The average Bonchev–Trinajstić information content (AvgIpc) is 2.56. The molecule has 1 aromatic heterocycles. The highest BCUT2D eigenvalue weighted by Crippen LogP contribution is 2.30. The molecule has 2 N–H and O–H groups in total. The van der Waals surface area contributed by atoms with Crippen molar-refractivity contribution in [2.45, 2.75) is 12.6 Å². The third kappa shape index (κ3) is 0.979. The van der Waals surface area contributed by atoms with E-state index >= 15 is 0 Å². The summed E-state index contributed by atoms with van der Waals surface area (Å²) in [4.78, 5) is 15.4. The average molecular weight is 205 g/mol. The molecule has 0 amide bonds. The molecule has 0 fully saturated rings. The van der Waals surface area contributed by atoms with Gasteiger partial charge in [-0.25, -0.2) is 9.37 Å².